The van der Waals surface area contributed by atoms with Gasteiger partial charge in [-0.25, -0.2) is 0 Å². The smallest absolute Gasteiger partial charge is 0.251 e. The number of carbonyl (C=O) groups is 2. The third-order valence-electron chi connectivity index (χ3n) is 4.01. The summed E-state index contributed by atoms with van der Waals surface area (Å²) in [6.45, 7) is 7.49. The summed E-state index contributed by atoms with van der Waals surface area (Å²) in [7, 11) is 0. The van der Waals surface area contributed by atoms with Crippen molar-refractivity contribution in [2.24, 2.45) is 5.41 Å². The summed E-state index contributed by atoms with van der Waals surface area (Å²) in [6.07, 6.45) is 4.25. The molecule has 1 aromatic rings. The van der Waals surface area contributed by atoms with Gasteiger partial charge in [0.25, 0.3) is 5.91 Å². The number of nitrogens with one attached hydrogen (secondary N) is 1. The van der Waals surface area contributed by atoms with Gasteiger partial charge in [-0.3, -0.25) is 9.59 Å². The maximum Gasteiger partial charge on any atom is 0.251 e. The minimum atomic E-state index is -0.625. The number of Topliss-reactive ketones (excluding diaryl/α,β-unsaturated/α-hetero) is 1. The third kappa shape index (κ3) is 3.35. The molecule has 1 aromatic carbocycles. The van der Waals surface area contributed by atoms with Crippen molar-refractivity contribution in [2.45, 2.75) is 40.2 Å². The van der Waals surface area contributed by atoms with E-state index in [9.17, 15) is 9.59 Å². The van der Waals surface area contributed by atoms with Crippen LogP contribution in [0.1, 0.15) is 45.7 Å². The molecule has 0 aromatic heterocycles. The minimum Gasteiger partial charge on any atom is -0.345 e. The van der Waals surface area contributed by atoms with Crippen LogP contribution in [-0.4, -0.2) is 11.7 Å². The number of benzene rings is 1. The Balaban J connectivity index is 2.20. The van der Waals surface area contributed by atoms with Crippen molar-refractivity contribution in [2.75, 3.05) is 0 Å². The van der Waals surface area contributed by atoms with Crippen molar-refractivity contribution in [1.82, 2.24) is 5.32 Å². The molecule has 1 N–H and O–H groups in total. The molecule has 0 spiro atoms. The zero-order valence-corrected chi connectivity index (χ0v) is 13.6. The number of hydrogen-bond donors (Lipinski definition) is 1. The van der Waals surface area contributed by atoms with Gasteiger partial charge in [-0.15, -0.1) is 0 Å². The standard InChI is InChI=1S/C19H23NO2/c1-5-16(14-9-7-6-8-10-14)20-18(22)15-11-13(2)17(21)19(3,4)12-15/h6-12,16H,5H2,1-4H3,(H,20,22)/t16-/m0/s1. The van der Waals surface area contributed by atoms with Gasteiger partial charge < -0.3 is 5.32 Å². The number of rotatable bonds is 4. The molecule has 0 saturated carbocycles. The lowest BCUT2D eigenvalue weighted by Gasteiger charge is -2.25. The van der Waals surface area contributed by atoms with Crippen LogP contribution < -0.4 is 5.32 Å². The van der Waals surface area contributed by atoms with Gasteiger partial charge in [0.15, 0.2) is 5.78 Å². The van der Waals surface area contributed by atoms with Crippen LogP contribution >= 0.6 is 0 Å². The van der Waals surface area contributed by atoms with Crippen LogP contribution in [0.3, 0.4) is 0 Å². The predicted octanol–water partition coefficient (Wildman–Crippen LogP) is 3.74. The lowest BCUT2D eigenvalue weighted by molar-refractivity contribution is -0.121. The first-order chi connectivity index (χ1) is 10.3. The maximum atomic E-state index is 12.5. The summed E-state index contributed by atoms with van der Waals surface area (Å²) in [5.74, 6) is -0.0604. The van der Waals surface area contributed by atoms with E-state index in [0.717, 1.165) is 12.0 Å². The second kappa shape index (κ2) is 6.30. The first-order valence-electron chi connectivity index (χ1n) is 7.67. The van der Waals surface area contributed by atoms with Crippen LogP contribution in [0.25, 0.3) is 0 Å². The molecule has 0 fully saturated rings. The Bertz CT molecular complexity index is 639. The Morgan fingerprint density at radius 1 is 1.23 bits per heavy atom. The van der Waals surface area contributed by atoms with E-state index < -0.39 is 5.41 Å². The zero-order valence-electron chi connectivity index (χ0n) is 13.6. The van der Waals surface area contributed by atoms with E-state index in [1.54, 1.807) is 19.1 Å². The van der Waals surface area contributed by atoms with E-state index >= 15 is 0 Å². The molecule has 1 amide bonds. The summed E-state index contributed by atoms with van der Waals surface area (Å²) < 4.78 is 0. The normalized spacial score (nSPS) is 18.3. The van der Waals surface area contributed by atoms with Gasteiger partial charge in [0, 0.05) is 11.0 Å². The molecular weight excluding hydrogens is 274 g/mol. The van der Waals surface area contributed by atoms with E-state index in [1.807, 2.05) is 51.1 Å². The van der Waals surface area contributed by atoms with E-state index in [4.69, 9.17) is 0 Å². The largest absolute Gasteiger partial charge is 0.345 e. The summed E-state index contributed by atoms with van der Waals surface area (Å²) >= 11 is 0. The van der Waals surface area contributed by atoms with Crippen molar-refractivity contribution in [1.29, 1.82) is 0 Å². The molecule has 1 atom stereocenters. The van der Waals surface area contributed by atoms with Crippen LogP contribution in [0.2, 0.25) is 0 Å². The topological polar surface area (TPSA) is 46.2 Å². The number of hydrogen-bond acceptors (Lipinski definition) is 2. The highest BCUT2D eigenvalue weighted by Gasteiger charge is 2.31. The number of ketones is 1. The fourth-order valence-electron chi connectivity index (χ4n) is 2.78. The molecule has 3 heteroatoms. The minimum absolute atomic E-state index is 0.0240. The summed E-state index contributed by atoms with van der Waals surface area (Å²) in [4.78, 5) is 24.6. The molecule has 1 aliphatic rings. The molecule has 0 heterocycles. The quantitative estimate of drug-likeness (QED) is 0.920. The van der Waals surface area contributed by atoms with E-state index in [-0.39, 0.29) is 17.7 Å². The monoisotopic (exact) mass is 297 g/mol. The number of amides is 1. The van der Waals surface area contributed by atoms with Crippen LogP contribution in [-0.2, 0) is 9.59 Å². The lowest BCUT2D eigenvalue weighted by Crippen LogP contribution is -2.33. The molecule has 22 heavy (non-hydrogen) atoms. The maximum absolute atomic E-state index is 12.5. The first kappa shape index (κ1) is 16.2. The predicted molar refractivity (Wildman–Crippen MR) is 88.2 cm³/mol. The van der Waals surface area contributed by atoms with Crippen molar-refractivity contribution >= 4 is 11.7 Å². The van der Waals surface area contributed by atoms with Gasteiger partial charge in [-0.2, -0.15) is 0 Å². The summed E-state index contributed by atoms with van der Waals surface area (Å²) in [5, 5.41) is 3.06. The Hall–Kier alpha value is -2.16. The van der Waals surface area contributed by atoms with Crippen molar-refractivity contribution in [3.63, 3.8) is 0 Å². The zero-order chi connectivity index (χ0) is 16.3. The molecule has 116 valence electrons. The van der Waals surface area contributed by atoms with Crippen LogP contribution in [0, 0.1) is 5.41 Å². The van der Waals surface area contributed by atoms with E-state index in [1.165, 1.54) is 0 Å². The molecular formula is C19H23NO2. The number of carbonyl (C=O) groups excluding carboxylic acids is 2. The molecule has 0 aliphatic heterocycles. The lowest BCUT2D eigenvalue weighted by atomic mass is 9.78. The van der Waals surface area contributed by atoms with Crippen molar-refractivity contribution in [3.8, 4) is 0 Å². The SMILES string of the molecule is CC[C@H](NC(=O)C1=CC(C)(C)C(=O)C(C)=C1)c1ccccc1. The van der Waals surface area contributed by atoms with Gasteiger partial charge >= 0.3 is 0 Å². The Labute approximate surface area is 132 Å². The number of allylic oxidation sites excluding steroid dienone is 2. The molecule has 0 bridgehead atoms. The second-order valence-electron chi connectivity index (χ2n) is 6.32. The van der Waals surface area contributed by atoms with Gasteiger partial charge in [-0.05, 0) is 44.4 Å². The Morgan fingerprint density at radius 3 is 2.41 bits per heavy atom. The first-order valence-corrected chi connectivity index (χ1v) is 7.67. The van der Waals surface area contributed by atoms with Crippen LogP contribution in [0.4, 0.5) is 0 Å². The van der Waals surface area contributed by atoms with Gasteiger partial charge in [0.2, 0.25) is 0 Å². The summed E-state index contributed by atoms with van der Waals surface area (Å²) in [5.41, 5.74) is 1.66. The second-order valence-corrected chi connectivity index (χ2v) is 6.32. The van der Waals surface area contributed by atoms with Crippen molar-refractivity contribution in [3.05, 3.63) is 59.2 Å². The average molecular weight is 297 g/mol. The molecule has 2 rings (SSSR count). The Morgan fingerprint density at radius 2 is 1.86 bits per heavy atom. The molecule has 0 unspecified atom stereocenters. The fraction of sp³-hybridized carbons (Fsp3) is 0.368. The molecule has 0 saturated heterocycles. The van der Waals surface area contributed by atoms with Crippen molar-refractivity contribution < 1.29 is 9.59 Å². The summed E-state index contributed by atoms with van der Waals surface area (Å²) in [6, 6.07) is 9.90. The molecule has 1 aliphatic carbocycles. The highest BCUT2D eigenvalue weighted by molar-refractivity contribution is 6.07. The highest BCUT2D eigenvalue weighted by Crippen LogP contribution is 2.30. The highest BCUT2D eigenvalue weighted by atomic mass is 16.2. The van der Waals surface area contributed by atoms with E-state index in [2.05, 4.69) is 5.32 Å². The van der Waals surface area contributed by atoms with E-state index in [0.29, 0.717) is 11.1 Å². The van der Waals surface area contributed by atoms with Crippen LogP contribution in [0.15, 0.2) is 53.6 Å². The van der Waals surface area contributed by atoms with Gasteiger partial charge in [0.1, 0.15) is 0 Å². The third-order valence-corrected chi connectivity index (χ3v) is 4.01. The molecule has 0 radical (unpaired) electrons. The van der Waals surface area contributed by atoms with Gasteiger partial charge in [-0.1, -0.05) is 43.3 Å². The average Bonchev–Trinajstić information content (AvgIpc) is 2.50. The van der Waals surface area contributed by atoms with Crippen LogP contribution in [0.5, 0.6) is 0 Å². The molecule has 3 nitrogen and oxygen atoms in total. The Kier molecular flexibility index (Phi) is 4.65. The van der Waals surface area contributed by atoms with Gasteiger partial charge in [0.05, 0.1) is 6.04 Å². The fourth-order valence-corrected chi connectivity index (χ4v) is 2.78.